The number of carbonyl (C=O) groups excluding carboxylic acids is 1. The minimum Gasteiger partial charge on any atom is -0.497 e. The highest BCUT2D eigenvalue weighted by molar-refractivity contribution is 5.86. The molecular formula is C25H30N4O2. The van der Waals surface area contributed by atoms with Gasteiger partial charge in [0.15, 0.2) is 0 Å². The standard InChI is InChI=1S/C25H30N4O2/c1-18-15-27(12-13-29(18)19-6-5-7-20(14-19)31-2)17-25(30)28-11-10-24-22(16-28)21-8-3-4-9-23(21)26-24/h3-9,14,18,26H,10-13,15-17H2,1-2H3. The summed E-state index contributed by atoms with van der Waals surface area (Å²) in [5.41, 5.74) is 4.92. The zero-order valence-corrected chi connectivity index (χ0v) is 18.3. The number of hydrogen-bond acceptors (Lipinski definition) is 4. The van der Waals surface area contributed by atoms with E-state index in [1.165, 1.54) is 27.8 Å². The molecule has 1 unspecified atom stereocenters. The molecule has 0 bridgehead atoms. The summed E-state index contributed by atoms with van der Waals surface area (Å²) in [5, 5.41) is 1.25. The van der Waals surface area contributed by atoms with Gasteiger partial charge in [0.2, 0.25) is 5.91 Å². The zero-order chi connectivity index (χ0) is 21.4. The van der Waals surface area contributed by atoms with E-state index in [1.807, 2.05) is 17.0 Å². The van der Waals surface area contributed by atoms with E-state index in [1.54, 1.807) is 7.11 Å². The lowest BCUT2D eigenvalue weighted by Gasteiger charge is -2.41. The van der Waals surface area contributed by atoms with Crippen LogP contribution in [0.25, 0.3) is 10.9 Å². The van der Waals surface area contributed by atoms with Crippen LogP contribution in [0.1, 0.15) is 18.2 Å². The third-order valence-electron chi connectivity index (χ3n) is 6.69. The van der Waals surface area contributed by atoms with E-state index < -0.39 is 0 Å². The lowest BCUT2D eigenvalue weighted by Crippen LogP contribution is -2.54. The third-order valence-corrected chi connectivity index (χ3v) is 6.69. The molecule has 6 nitrogen and oxygen atoms in total. The summed E-state index contributed by atoms with van der Waals surface area (Å²) < 4.78 is 5.38. The second-order valence-corrected chi connectivity index (χ2v) is 8.67. The van der Waals surface area contributed by atoms with Gasteiger partial charge in [0.05, 0.1) is 13.7 Å². The first-order valence-electron chi connectivity index (χ1n) is 11.1. The van der Waals surface area contributed by atoms with Crippen LogP contribution in [0.3, 0.4) is 0 Å². The molecule has 6 heteroatoms. The van der Waals surface area contributed by atoms with Crippen molar-refractivity contribution in [3.8, 4) is 5.75 Å². The molecule has 0 saturated carbocycles. The number of H-pyrrole nitrogens is 1. The fraction of sp³-hybridized carbons (Fsp3) is 0.400. The van der Waals surface area contributed by atoms with E-state index in [0.29, 0.717) is 19.1 Å². The van der Waals surface area contributed by atoms with Gasteiger partial charge in [-0.15, -0.1) is 0 Å². The van der Waals surface area contributed by atoms with Crippen molar-refractivity contribution in [1.82, 2.24) is 14.8 Å². The maximum Gasteiger partial charge on any atom is 0.237 e. The van der Waals surface area contributed by atoms with Gasteiger partial charge in [-0.1, -0.05) is 24.3 Å². The fourth-order valence-corrected chi connectivity index (χ4v) is 5.02. The molecule has 5 rings (SSSR count). The van der Waals surface area contributed by atoms with Gasteiger partial charge < -0.3 is 19.5 Å². The molecule has 1 saturated heterocycles. The number of rotatable bonds is 4. The van der Waals surface area contributed by atoms with Crippen LogP contribution in [-0.4, -0.2) is 66.6 Å². The molecule has 2 aromatic carbocycles. The van der Waals surface area contributed by atoms with Crippen LogP contribution in [0.5, 0.6) is 5.75 Å². The quantitative estimate of drug-likeness (QED) is 0.707. The first-order chi connectivity index (χ1) is 15.1. The summed E-state index contributed by atoms with van der Waals surface area (Å²) in [5.74, 6) is 1.11. The van der Waals surface area contributed by atoms with E-state index in [9.17, 15) is 4.79 Å². The molecule has 1 aromatic heterocycles. The third kappa shape index (κ3) is 3.88. The number of piperazine rings is 1. The van der Waals surface area contributed by atoms with E-state index in [0.717, 1.165) is 38.3 Å². The maximum atomic E-state index is 13.1. The number of para-hydroxylation sites is 1. The van der Waals surface area contributed by atoms with Gasteiger partial charge >= 0.3 is 0 Å². The van der Waals surface area contributed by atoms with Crippen molar-refractivity contribution in [3.05, 3.63) is 59.8 Å². The average Bonchev–Trinajstić information content (AvgIpc) is 3.17. The summed E-state index contributed by atoms with van der Waals surface area (Å²) in [6.45, 7) is 6.90. The van der Waals surface area contributed by atoms with Gasteiger partial charge in [-0.05, 0) is 25.1 Å². The summed E-state index contributed by atoms with van der Waals surface area (Å²) >= 11 is 0. The number of hydrogen-bond donors (Lipinski definition) is 1. The predicted molar refractivity (Wildman–Crippen MR) is 124 cm³/mol. The van der Waals surface area contributed by atoms with Gasteiger partial charge in [-0.3, -0.25) is 9.69 Å². The molecule has 1 amide bonds. The smallest absolute Gasteiger partial charge is 0.237 e. The Balaban J connectivity index is 1.22. The summed E-state index contributed by atoms with van der Waals surface area (Å²) in [4.78, 5) is 23.4. The Morgan fingerprint density at radius 1 is 1.13 bits per heavy atom. The molecule has 31 heavy (non-hydrogen) atoms. The van der Waals surface area contributed by atoms with Crippen LogP contribution in [0, 0.1) is 0 Å². The van der Waals surface area contributed by atoms with Crippen molar-refractivity contribution < 1.29 is 9.53 Å². The van der Waals surface area contributed by atoms with Crippen molar-refractivity contribution in [2.75, 3.05) is 44.7 Å². The number of aromatic nitrogens is 1. The number of carbonyl (C=O) groups is 1. The Kier molecular flexibility index (Phi) is 5.32. The minimum atomic E-state index is 0.234. The van der Waals surface area contributed by atoms with Crippen LogP contribution in [-0.2, 0) is 17.8 Å². The van der Waals surface area contributed by atoms with Crippen LogP contribution in [0.2, 0.25) is 0 Å². The number of nitrogens with one attached hydrogen (secondary N) is 1. The highest BCUT2D eigenvalue weighted by Crippen LogP contribution is 2.28. The number of benzene rings is 2. The number of methoxy groups -OCH3 is 1. The van der Waals surface area contributed by atoms with Gasteiger partial charge in [0.25, 0.3) is 0 Å². The molecule has 2 aliphatic rings. The molecule has 0 radical (unpaired) electrons. The van der Waals surface area contributed by atoms with Gasteiger partial charge in [-0.25, -0.2) is 0 Å². The summed E-state index contributed by atoms with van der Waals surface area (Å²) in [6.07, 6.45) is 0.899. The van der Waals surface area contributed by atoms with Crippen molar-refractivity contribution in [1.29, 1.82) is 0 Å². The second-order valence-electron chi connectivity index (χ2n) is 8.67. The number of anilines is 1. The van der Waals surface area contributed by atoms with Crippen molar-refractivity contribution in [2.45, 2.75) is 25.9 Å². The number of ether oxygens (including phenoxy) is 1. The van der Waals surface area contributed by atoms with E-state index in [2.05, 4.69) is 58.1 Å². The van der Waals surface area contributed by atoms with Crippen LogP contribution in [0.4, 0.5) is 5.69 Å². The molecule has 1 fully saturated rings. The average molecular weight is 419 g/mol. The summed E-state index contributed by atoms with van der Waals surface area (Å²) in [7, 11) is 1.70. The first-order valence-corrected chi connectivity index (χ1v) is 11.1. The largest absolute Gasteiger partial charge is 0.497 e. The molecule has 1 N–H and O–H groups in total. The van der Waals surface area contributed by atoms with Crippen LogP contribution in [0.15, 0.2) is 48.5 Å². The molecule has 1 atom stereocenters. The van der Waals surface area contributed by atoms with Gasteiger partial charge in [0, 0.05) is 79.1 Å². The second kappa shape index (κ2) is 8.27. The minimum absolute atomic E-state index is 0.234. The topological polar surface area (TPSA) is 51.8 Å². The first kappa shape index (κ1) is 19.9. The molecule has 0 spiro atoms. The molecule has 162 valence electrons. The number of fused-ring (bicyclic) bond motifs is 3. The molecule has 3 aromatic rings. The van der Waals surface area contributed by atoms with Crippen LogP contribution < -0.4 is 9.64 Å². The lowest BCUT2D eigenvalue weighted by atomic mass is 10.0. The fourth-order valence-electron chi connectivity index (χ4n) is 5.02. The van der Waals surface area contributed by atoms with Crippen molar-refractivity contribution in [2.24, 2.45) is 0 Å². The number of nitrogens with zero attached hydrogens (tertiary/aromatic N) is 3. The normalized spacial score (nSPS) is 19.5. The van der Waals surface area contributed by atoms with Crippen LogP contribution >= 0.6 is 0 Å². The predicted octanol–water partition coefficient (Wildman–Crippen LogP) is 3.27. The Morgan fingerprint density at radius 2 is 2.00 bits per heavy atom. The molecule has 3 heterocycles. The Hall–Kier alpha value is -2.99. The number of aromatic amines is 1. The van der Waals surface area contributed by atoms with Gasteiger partial charge in [-0.2, -0.15) is 0 Å². The highest BCUT2D eigenvalue weighted by atomic mass is 16.5. The monoisotopic (exact) mass is 418 g/mol. The lowest BCUT2D eigenvalue weighted by molar-refractivity contribution is -0.133. The van der Waals surface area contributed by atoms with E-state index in [4.69, 9.17) is 4.74 Å². The van der Waals surface area contributed by atoms with Crippen molar-refractivity contribution >= 4 is 22.5 Å². The number of amides is 1. The summed E-state index contributed by atoms with van der Waals surface area (Å²) in [6, 6.07) is 17.0. The van der Waals surface area contributed by atoms with E-state index in [-0.39, 0.29) is 5.91 Å². The molecular weight excluding hydrogens is 388 g/mol. The Bertz CT molecular complexity index is 1090. The van der Waals surface area contributed by atoms with E-state index >= 15 is 0 Å². The Labute approximate surface area is 183 Å². The maximum absolute atomic E-state index is 13.1. The zero-order valence-electron chi connectivity index (χ0n) is 18.3. The SMILES string of the molecule is COc1cccc(N2CCN(CC(=O)N3CCc4[nH]c5ccccc5c4C3)CC2C)c1. The molecule has 2 aliphatic heterocycles. The highest BCUT2D eigenvalue weighted by Gasteiger charge is 2.29. The van der Waals surface area contributed by atoms with Gasteiger partial charge in [0.1, 0.15) is 5.75 Å². The van der Waals surface area contributed by atoms with Crippen molar-refractivity contribution in [3.63, 3.8) is 0 Å². The molecule has 0 aliphatic carbocycles. The Morgan fingerprint density at radius 3 is 2.84 bits per heavy atom.